The fourth-order valence-electron chi connectivity index (χ4n) is 3.82. The molecule has 0 radical (unpaired) electrons. The van der Waals surface area contributed by atoms with E-state index in [0.29, 0.717) is 26.1 Å². The van der Waals surface area contributed by atoms with Gasteiger partial charge in [-0.2, -0.15) is 0 Å². The van der Waals surface area contributed by atoms with E-state index in [2.05, 4.69) is 22.9 Å². The number of hydrogen-bond donors (Lipinski definition) is 4. The number of carboxylic acid groups (broad SMARTS) is 1. The highest BCUT2D eigenvalue weighted by Crippen LogP contribution is 2.27. The first-order valence-electron chi connectivity index (χ1n) is 11.0. The van der Waals surface area contributed by atoms with Crippen molar-refractivity contribution in [3.8, 4) is 0 Å². The number of hydrogen-bond acceptors (Lipinski definition) is 5. The van der Waals surface area contributed by atoms with Crippen LogP contribution in [0, 0.1) is 5.92 Å². The highest BCUT2D eigenvalue weighted by atomic mass is 16.5. The first kappa shape index (κ1) is 25.2. The third-order valence-electron chi connectivity index (χ3n) is 5.26. The van der Waals surface area contributed by atoms with Gasteiger partial charge >= 0.3 is 6.03 Å². The van der Waals surface area contributed by atoms with Crippen LogP contribution in [0.4, 0.5) is 4.79 Å². The number of amides is 3. The lowest BCUT2D eigenvalue weighted by atomic mass is 9.83. The summed E-state index contributed by atoms with van der Waals surface area (Å²) in [6.07, 6.45) is 2.92. The second kappa shape index (κ2) is 13.4. The van der Waals surface area contributed by atoms with Crippen LogP contribution in [0.2, 0.25) is 0 Å². The monoisotopic (exact) mass is 447 g/mol. The normalized spacial score (nSPS) is 20.0. The zero-order valence-electron chi connectivity index (χ0n) is 18.6. The Kier molecular flexibility index (Phi) is 10.5. The van der Waals surface area contributed by atoms with Gasteiger partial charge in [0.2, 0.25) is 5.91 Å². The van der Waals surface area contributed by atoms with Crippen molar-refractivity contribution >= 4 is 29.4 Å². The molecule has 1 aliphatic carbocycles. The van der Waals surface area contributed by atoms with Crippen LogP contribution in [-0.4, -0.2) is 48.8 Å². The first-order chi connectivity index (χ1) is 15.5. The van der Waals surface area contributed by atoms with Gasteiger partial charge in [-0.3, -0.25) is 9.59 Å². The first-order valence-corrected chi connectivity index (χ1v) is 11.0. The molecule has 0 spiro atoms. The van der Waals surface area contributed by atoms with Crippen molar-refractivity contribution in [2.75, 3.05) is 13.2 Å². The Labute approximate surface area is 187 Å². The van der Waals surface area contributed by atoms with Crippen molar-refractivity contribution in [2.24, 2.45) is 5.92 Å². The van der Waals surface area contributed by atoms with Gasteiger partial charge in [0.15, 0.2) is 0 Å². The SMILES string of the molecule is CCCO[C@@H]1CC[C@H](C(=O)NCc2cc3ccccc3o2)C[C@H]1NC(=O)NCC.O=CO. The van der Waals surface area contributed by atoms with E-state index in [4.69, 9.17) is 19.1 Å². The summed E-state index contributed by atoms with van der Waals surface area (Å²) in [7, 11) is 0. The molecule has 1 fully saturated rings. The predicted octanol–water partition coefficient (Wildman–Crippen LogP) is 3.03. The summed E-state index contributed by atoms with van der Waals surface area (Å²) in [6.45, 7) is 5.25. The molecule has 9 heteroatoms. The summed E-state index contributed by atoms with van der Waals surface area (Å²) < 4.78 is 11.7. The zero-order valence-corrected chi connectivity index (χ0v) is 18.6. The molecule has 1 aromatic heterocycles. The number of benzene rings is 1. The number of ether oxygens (including phenoxy) is 1. The van der Waals surface area contributed by atoms with Crippen LogP contribution in [0.15, 0.2) is 34.7 Å². The minimum Gasteiger partial charge on any atom is -0.483 e. The largest absolute Gasteiger partial charge is 0.483 e. The number of nitrogens with one attached hydrogen (secondary N) is 3. The van der Waals surface area contributed by atoms with Crippen molar-refractivity contribution in [1.29, 1.82) is 0 Å². The lowest BCUT2D eigenvalue weighted by Gasteiger charge is -2.35. The summed E-state index contributed by atoms with van der Waals surface area (Å²) in [5.41, 5.74) is 0.816. The second-order valence-corrected chi connectivity index (χ2v) is 7.60. The van der Waals surface area contributed by atoms with E-state index in [0.717, 1.165) is 36.0 Å². The van der Waals surface area contributed by atoms with Gasteiger partial charge in [-0.15, -0.1) is 0 Å². The van der Waals surface area contributed by atoms with E-state index in [-0.39, 0.29) is 36.5 Å². The Hall–Kier alpha value is -3.07. The van der Waals surface area contributed by atoms with Crippen LogP contribution in [-0.2, 0) is 20.9 Å². The summed E-state index contributed by atoms with van der Waals surface area (Å²) in [5, 5.41) is 16.6. The van der Waals surface area contributed by atoms with Gasteiger partial charge < -0.3 is 30.2 Å². The van der Waals surface area contributed by atoms with E-state index in [1.54, 1.807) is 0 Å². The average Bonchev–Trinajstić information content (AvgIpc) is 3.20. The molecule has 2 aromatic rings. The van der Waals surface area contributed by atoms with Crippen LogP contribution in [0.3, 0.4) is 0 Å². The summed E-state index contributed by atoms with van der Waals surface area (Å²) in [6, 6.07) is 9.34. The molecule has 4 N–H and O–H groups in total. The molecule has 0 aliphatic heterocycles. The molecular formula is C23H33N3O6. The standard InChI is InChI=1S/C22H31N3O4.CH2O2/c1-3-11-28-20-10-9-16(13-18(20)25-22(27)23-4-2)21(26)24-14-17-12-15-7-5-6-8-19(15)29-17;2-1-3/h5-8,12,16,18,20H,3-4,9-11,13-14H2,1-2H3,(H,24,26)(H2,23,25,27);1H,(H,2,3)/t16-,18+,20+;/m0./s1. The third-order valence-corrected chi connectivity index (χ3v) is 5.26. The van der Waals surface area contributed by atoms with Crippen molar-refractivity contribution in [1.82, 2.24) is 16.0 Å². The number of carbonyl (C=O) groups excluding carboxylic acids is 2. The van der Waals surface area contributed by atoms with E-state index in [1.807, 2.05) is 37.3 Å². The Bertz CT molecular complexity index is 835. The summed E-state index contributed by atoms with van der Waals surface area (Å²) in [4.78, 5) is 33.1. The molecule has 1 aliphatic rings. The Morgan fingerprint density at radius 3 is 2.66 bits per heavy atom. The summed E-state index contributed by atoms with van der Waals surface area (Å²) >= 11 is 0. The smallest absolute Gasteiger partial charge is 0.315 e. The van der Waals surface area contributed by atoms with Crippen molar-refractivity contribution in [3.05, 3.63) is 36.1 Å². The van der Waals surface area contributed by atoms with Crippen LogP contribution < -0.4 is 16.0 Å². The molecule has 3 rings (SSSR count). The lowest BCUT2D eigenvalue weighted by Crippen LogP contribution is -2.52. The van der Waals surface area contributed by atoms with E-state index >= 15 is 0 Å². The minimum atomic E-state index is -0.250. The molecule has 1 heterocycles. The van der Waals surface area contributed by atoms with Gasteiger partial charge in [0.1, 0.15) is 11.3 Å². The van der Waals surface area contributed by atoms with Crippen molar-refractivity contribution in [2.45, 2.75) is 58.2 Å². The number of carbonyl (C=O) groups is 3. The molecule has 3 atom stereocenters. The number of urea groups is 1. The lowest BCUT2D eigenvalue weighted by molar-refractivity contribution is -0.128. The summed E-state index contributed by atoms with van der Waals surface area (Å²) in [5.74, 6) is 0.561. The average molecular weight is 448 g/mol. The highest BCUT2D eigenvalue weighted by Gasteiger charge is 2.35. The molecule has 9 nitrogen and oxygen atoms in total. The maximum absolute atomic E-state index is 12.7. The van der Waals surface area contributed by atoms with E-state index < -0.39 is 0 Å². The minimum absolute atomic E-state index is 0.0119. The van der Waals surface area contributed by atoms with Crippen LogP contribution >= 0.6 is 0 Å². The zero-order chi connectivity index (χ0) is 23.3. The van der Waals surface area contributed by atoms with Crippen LogP contribution in [0.25, 0.3) is 11.0 Å². The molecule has 0 saturated heterocycles. The second-order valence-electron chi connectivity index (χ2n) is 7.60. The van der Waals surface area contributed by atoms with Crippen LogP contribution in [0.5, 0.6) is 0 Å². The predicted molar refractivity (Wildman–Crippen MR) is 120 cm³/mol. The number of para-hydroxylation sites is 1. The Balaban J connectivity index is 0.00000114. The van der Waals surface area contributed by atoms with Gasteiger partial charge in [0, 0.05) is 24.5 Å². The highest BCUT2D eigenvalue weighted by molar-refractivity contribution is 5.80. The third kappa shape index (κ3) is 7.56. The molecule has 3 amide bonds. The molecule has 32 heavy (non-hydrogen) atoms. The van der Waals surface area contributed by atoms with Crippen molar-refractivity contribution in [3.63, 3.8) is 0 Å². The van der Waals surface area contributed by atoms with Gasteiger partial charge in [0.25, 0.3) is 6.47 Å². The topological polar surface area (TPSA) is 130 Å². The van der Waals surface area contributed by atoms with Crippen LogP contribution in [0.1, 0.15) is 45.3 Å². The van der Waals surface area contributed by atoms with Crippen molar-refractivity contribution < 1.29 is 28.6 Å². The quantitative estimate of drug-likeness (QED) is 0.460. The van der Waals surface area contributed by atoms with Gasteiger partial charge in [0.05, 0.1) is 18.7 Å². The van der Waals surface area contributed by atoms with Gasteiger partial charge in [-0.1, -0.05) is 25.1 Å². The molecule has 1 aromatic carbocycles. The maximum atomic E-state index is 12.7. The molecule has 176 valence electrons. The van der Waals surface area contributed by atoms with E-state index in [1.165, 1.54) is 0 Å². The number of furan rings is 1. The fraction of sp³-hybridized carbons (Fsp3) is 0.522. The molecular weight excluding hydrogens is 414 g/mol. The Morgan fingerprint density at radius 1 is 1.22 bits per heavy atom. The fourth-order valence-corrected chi connectivity index (χ4v) is 3.82. The number of rotatable bonds is 8. The molecule has 0 bridgehead atoms. The number of fused-ring (bicyclic) bond motifs is 1. The maximum Gasteiger partial charge on any atom is 0.315 e. The van der Waals surface area contributed by atoms with Gasteiger partial charge in [-0.25, -0.2) is 4.79 Å². The molecule has 1 saturated carbocycles. The van der Waals surface area contributed by atoms with Gasteiger partial charge in [-0.05, 0) is 44.7 Å². The Morgan fingerprint density at radius 2 is 1.97 bits per heavy atom. The van der Waals surface area contributed by atoms with E-state index in [9.17, 15) is 9.59 Å². The molecule has 0 unspecified atom stereocenters.